The van der Waals surface area contributed by atoms with Crippen LogP contribution < -0.4 is 0 Å². The van der Waals surface area contributed by atoms with E-state index in [0.717, 1.165) is 0 Å². The molecule has 14 heavy (non-hydrogen) atoms. The number of aldehydes is 2. The zero-order chi connectivity index (χ0) is 11.4. The van der Waals surface area contributed by atoms with Crippen LogP contribution in [-0.2, 0) is 23.9 Å². The van der Waals surface area contributed by atoms with Crippen LogP contribution in [0.4, 0.5) is 0 Å². The van der Waals surface area contributed by atoms with Gasteiger partial charge in [0.05, 0.1) is 6.42 Å². The lowest BCUT2D eigenvalue weighted by Gasteiger charge is -1.88. The topological polar surface area (TPSA) is 97.7 Å². The van der Waals surface area contributed by atoms with Gasteiger partial charge in [-0.3, -0.25) is 14.4 Å². The number of esters is 1. The third-order valence-electron chi connectivity index (χ3n) is 0.831. The maximum absolute atomic E-state index is 9.82. The van der Waals surface area contributed by atoms with E-state index in [1.165, 1.54) is 6.92 Å². The Balaban J connectivity index is 0. The largest absolute Gasteiger partial charge is 0.481 e. The first-order valence-electron chi connectivity index (χ1n) is 3.77. The van der Waals surface area contributed by atoms with E-state index >= 15 is 0 Å². The SMILES string of the molecule is CC(=O)OCC=O.O=CCCC(=O)O. The molecule has 0 saturated heterocycles. The van der Waals surface area contributed by atoms with Crippen molar-refractivity contribution in [3.8, 4) is 0 Å². The minimum Gasteiger partial charge on any atom is -0.481 e. The lowest BCUT2D eigenvalue weighted by molar-refractivity contribution is -0.143. The van der Waals surface area contributed by atoms with Crippen LogP contribution >= 0.6 is 0 Å². The summed E-state index contributed by atoms with van der Waals surface area (Å²) in [6, 6.07) is 0. The lowest BCUT2D eigenvalue weighted by atomic mass is 10.3. The zero-order valence-corrected chi connectivity index (χ0v) is 7.76. The quantitative estimate of drug-likeness (QED) is 0.491. The summed E-state index contributed by atoms with van der Waals surface area (Å²) in [6.07, 6.45) is 1.19. The van der Waals surface area contributed by atoms with Crippen LogP contribution in [0.15, 0.2) is 0 Å². The van der Waals surface area contributed by atoms with E-state index in [4.69, 9.17) is 5.11 Å². The number of ether oxygens (including phenoxy) is 1. The molecule has 0 aromatic rings. The van der Waals surface area contributed by atoms with Crippen LogP contribution in [0.25, 0.3) is 0 Å². The molecule has 0 aromatic carbocycles. The van der Waals surface area contributed by atoms with Crippen molar-refractivity contribution in [1.82, 2.24) is 0 Å². The Hall–Kier alpha value is -1.72. The Morgan fingerprint density at radius 3 is 2.00 bits per heavy atom. The molecule has 1 N–H and O–H groups in total. The third-order valence-corrected chi connectivity index (χ3v) is 0.831. The summed E-state index contributed by atoms with van der Waals surface area (Å²) in [5.41, 5.74) is 0. The Morgan fingerprint density at radius 1 is 1.29 bits per heavy atom. The van der Waals surface area contributed by atoms with E-state index in [9.17, 15) is 19.2 Å². The molecule has 0 unspecified atom stereocenters. The summed E-state index contributed by atoms with van der Waals surface area (Å²) in [4.78, 5) is 38.3. The van der Waals surface area contributed by atoms with Crippen molar-refractivity contribution in [3.63, 3.8) is 0 Å². The zero-order valence-electron chi connectivity index (χ0n) is 7.76. The average Bonchev–Trinajstić information content (AvgIpc) is 2.12. The van der Waals surface area contributed by atoms with Crippen LogP contribution in [0.1, 0.15) is 19.8 Å². The van der Waals surface area contributed by atoms with E-state index < -0.39 is 11.9 Å². The Bertz CT molecular complexity index is 176. The van der Waals surface area contributed by atoms with E-state index in [1.807, 2.05) is 0 Å². The van der Waals surface area contributed by atoms with Crippen LogP contribution in [0.2, 0.25) is 0 Å². The van der Waals surface area contributed by atoms with Gasteiger partial charge in [-0.2, -0.15) is 0 Å². The van der Waals surface area contributed by atoms with Gasteiger partial charge >= 0.3 is 11.9 Å². The van der Waals surface area contributed by atoms with Crippen molar-refractivity contribution in [2.24, 2.45) is 0 Å². The first-order chi connectivity index (χ1) is 6.54. The fourth-order valence-electron chi connectivity index (χ4n) is 0.334. The molecule has 0 bridgehead atoms. The number of carboxylic acid groups (broad SMARTS) is 1. The first-order valence-corrected chi connectivity index (χ1v) is 3.77. The summed E-state index contributed by atoms with van der Waals surface area (Å²) < 4.78 is 4.18. The van der Waals surface area contributed by atoms with Crippen LogP contribution in [0.5, 0.6) is 0 Å². The molecule has 0 heterocycles. The van der Waals surface area contributed by atoms with Gasteiger partial charge < -0.3 is 14.6 Å². The highest BCUT2D eigenvalue weighted by Crippen LogP contribution is 1.80. The molecule has 0 fully saturated rings. The fourth-order valence-corrected chi connectivity index (χ4v) is 0.334. The normalized spacial score (nSPS) is 7.79. The predicted octanol–water partition coefficient (Wildman–Crippen LogP) is -0.202. The second-order valence-corrected chi connectivity index (χ2v) is 2.07. The second-order valence-electron chi connectivity index (χ2n) is 2.07. The van der Waals surface area contributed by atoms with Gasteiger partial charge in [0.15, 0.2) is 6.29 Å². The Kier molecular flexibility index (Phi) is 11.9. The number of aliphatic carboxylic acids is 1. The molecule has 0 saturated carbocycles. The van der Waals surface area contributed by atoms with Gasteiger partial charge in [-0.25, -0.2) is 0 Å². The summed E-state index contributed by atoms with van der Waals surface area (Å²) in [5, 5.41) is 7.89. The lowest BCUT2D eigenvalue weighted by Crippen LogP contribution is -2.00. The Labute approximate surface area is 80.9 Å². The van der Waals surface area contributed by atoms with Gasteiger partial charge in [-0.1, -0.05) is 0 Å². The standard InChI is InChI=1S/2C4H6O3/c1-4(6)7-3-2-5;5-3-1-2-4(6)7/h2H,3H2,1H3;3H,1-2H2,(H,6,7). The highest BCUT2D eigenvalue weighted by Gasteiger charge is 1.91. The molecule has 0 aliphatic carbocycles. The van der Waals surface area contributed by atoms with Crippen molar-refractivity contribution in [2.45, 2.75) is 19.8 Å². The minimum absolute atomic E-state index is 0.0521. The van der Waals surface area contributed by atoms with Crippen molar-refractivity contribution in [3.05, 3.63) is 0 Å². The summed E-state index contributed by atoms with van der Waals surface area (Å²) in [6.45, 7) is 1.12. The molecular weight excluding hydrogens is 192 g/mol. The van der Waals surface area contributed by atoms with Gasteiger partial charge in [0.25, 0.3) is 0 Å². The maximum Gasteiger partial charge on any atom is 0.303 e. The monoisotopic (exact) mass is 204 g/mol. The van der Waals surface area contributed by atoms with E-state index in [2.05, 4.69) is 4.74 Å². The van der Waals surface area contributed by atoms with Gasteiger partial charge in [0, 0.05) is 13.3 Å². The number of rotatable bonds is 5. The van der Waals surface area contributed by atoms with Gasteiger partial charge in [0.1, 0.15) is 12.9 Å². The van der Waals surface area contributed by atoms with Gasteiger partial charge in [0.2, 0.25) is 0 Å². The third kappa shape index (κ3) is 22.4. The van der Waals surface area contributed by atoms with E-state index in [-0.39, 0.29) is 19.4 Å². The molecule has 0 radical (unpaired) electrons. The maximum atomic E-state index is 9.82. The predicted molar refractivity (Wildman–Crippen MR) is 45.6 cm³/mol. The van der Waals surface area contributed by atoms with Gasteiger partial charge in [-0.05, 0) is 0 Å². The van der Waals surface area contributed by atoms with E-state index in [0.29, 0.717) is 12.6 Å². The molecule has 0 aliphatic heterocycles. The molecule has 0 rings (SSSR count). The van der Waals surface area contributed by atoms with Crippen molar-refractivity contribution < 1.29 is 29.0 Å². The number of carbonyl (C=O) groups is 4. The molecule has 80 valence electrons. The highest BCUT2D eigenvalue weighted by atomic mass is 16.5. The fraction of sp³-hybridized carbons (Fsp3) is 0.500. The first kappa shape index (κ1) is 14.8. The van der Waals surface area contributed by atoms with Crippen LogP contribution in [-0.4, -0.2) is 36.2 Å². The van der Waals surface area contributed by atoms with E-state index in [1.54, 1.807) is 0 Å². The number of carbonyl (C=O) groups excluding carboxylic acids is 3. The molecule has 6 heteroatoms. The molecule has 0 aliphatic rings. The van der Waals surface area contributed by atoms with Crippen LogP contribution in [0.3, 0.4) is 0 Å². The molecule has 0 amide bonds. The number of carboxylic acids is 1. The van der Waals surface area contributed by atoms with Gasteiger partial charge in [-0.15, -0.1) is 0 Å². The summed E-state index contributed by atoms with van der Waals surface area (Å²) in [5.74, 6) is -1.35. The van der Waals surface area contributed by atoms with Crippen molar-refractivity contribution in [2.75, 3.05) is 6.61 Å². The Morgan fingerprint density at radius 2 is 1.86 bits per heavy atom. The smallest absolute Gasteiger partial charge is 0.303 e. The number of hydrogen-bond acceptors (Lipinski definition) is 5. The molecule has 0 spiro atoms. The molecule has 6 nitrogen and oxygen atoms in total. The summed E-state index contributed by atoms with van der Waals surface area (Å²) in [7, 11) is 0. The highest BCUT2D eigenvalue weighted by molar-refractivity contribution is 5.70. The molecule has 0 aromatic heterocycles. The minimum atomic E-state index is -0.924. The van der Waals surface area contributed by atoms with Crippen molar-refractivity contribution >= 4 is 24.5 Å². The molecule has 0 atom stereocenters. The van der Waals surface area contributed by atoms with Crippen molar-refractivity contribution in [1.29, 1.82) is 0 Å². The second kappa shape index (κ2) is 11.3. The molecular formula is C8H12O6. The number of hydrogen-bond donors (Lipinski definition) is 1. The summed E-state index contributed by atoms with van der Waals surface area (Å²) >= 11 is 0. The average molecular weight is 204 g/mol. The van der Waals surface area contributed by atoms with Crippen LogP contribution in [0, 0.1) is 0 Å².